The Balaban J connectivity index is 1.77. The molecule has 4 N–H and O–H groups in total. The lowest BCUT2D eigenvalue weighted by Crippen LogP contribution is -2.66. The molecule has 11 nitrogen and oxygen atoms in total. The maximum atomic E-state index is 13.6. The molecule has 0 aromatic heterocycles. The highest BCUT2D eigenvalue weighted by Gasteiger charge is 2.46. The number of nitrogens with zero attached hydrogens (tertiary/aromatic N) is 4. The molecule has 11 heteroatoms. The minimum atomic E-state index is -1.38. The van der Waals surface area contributed by atoms with Crippen molar-refractivity contribution in [1.82, 2.24) is 15.1 Å². The number of ether oxygens (including phenoxy) is 1. The van der Waals surface area contributed by atoms with Crippen molar-refractivity contribution < 1.29 is 24.2 Å². The van der Waals surface area contributed by atoms with Gasteiger partial charge in [0.25, 0.3) is 5.91 Å². The number of carboxylic acid groups (broad SMARTS) is 1. The maximum absolute atomic E-state index is 13.6. The number of hydrazine groups is 1. The Morgan fingerprint density at radius 2 is 1.59 bits per heavy atom. The number of likely N-dealkylation sites (N-methyl/N-ethyl adjacent to an activating group) is 1. The largest absolute Gasteiger partial charge is 0.465 e. The van der Waals surface area contributed by atoms with E-state index in [9.17, 15) is 19.5 Å². The topological polar surface area (TPSA) is 132 Å². The molecule has 2 aliphatic rings. The Kier molecular flexibility index (Phi) is 7.57. The van der Waals surface area contributed by atoms with E-state index in [0.717, 1.165) is 36.9 Å². The molecule has 0 saturated carbocycles. The third-order valence-corrected chi connectivity index (χ3v) is 6.25. The molecule has 2 fully saturated rings. The smallest absolute Gasteiger partial charge is 0.408 e. The number of nitrogens with one attached hydrogen (secondary N) is 1. The van der Waals surface area contributed by atoms with Crippen LogP contribution in [0.25, 0.3) is 0 Å². The van der Waals surface area contributed by atoms with Crippen LogP contribution in [0.15, 0.2) is 24.3 Å². The number of amides is 3. The second-order valence-electron chi connectivity index (χ2n) is 9.96. The predicted octanol–water partition coefficient (Wildman–Crippen LogP) is 1.68. The zero-order chi connectivity index (χ0) is 25.1. The molecule has 3 rings (SSSR count). The number of likely N-dealkylation sites (tertiary alicyclic amines) is 1. The van der Waals surface area contributed by atoms with Gasteiger partial charge < -0.3 is 29.9 Å². The average Bonchev–Trinajstić information content (AvgIpc) is 2.77. The Labute approximate surface area is 200 Å². The molecule has 3 amide bonds. The number of alkyl carbamates (subject to hydrolysis) is 1. The summed E-state index contributed by atoms with van der Waals surface area (Å²) in [4.78, 5) is 43.3. The lowest BCUT2D eigenvalue weighted by Gasteiger charge is -2.41. The van der Waals surface area contributed by atoms with Crippen LogP contribution in [0.4, 0.5) is 21.0 Å². The van der Waals surface area contributed by atoms with Crippen molar-refractivity contribution in [3.05, 3.63) is 24.3 Å². The number of benzene rings is 1. The molecule has 0 unspecified atom stereocenters. The normalized spacial score (nSPS) is 18.9. The predicted molar refractivity (Wildman–Crippen MR) is 129 cm³/mol. The van der Waals surface area contributed by atoms with Gasteiger partial charge in [0.05, 0.1) is 5.69 Å². The third kappa shape index (κ3) is 6.09. The molecule has 2 aliphatic heterocycles. The number of carbonyl (C=O) groups is 3. The van der Waals surface area contributed by atoms with Gasteiger partial charge in [0.15, 0.2) is 0 Å². The molecule has 2 heterocycles. The second-order valence-corrected chi connectivity index (χ2v) is 9.96. The summed E-state index contributed by atoms with van der Waals surface area (Å²) >= 11 is 0. The molecule has 2 saturated heterocycles. The van der Waals surface area contributed by atoms with Crippen molar-refractivity contribution in [2.45, 2.75) is 44.8 Å². The van der Waals surface area contributed by atoms with Crippen LogP contribution in [-0.2, 0) is 9.53 Å². The standard InChI is InChI=1S/C23H36N6O5/c1-22(2,3)34-20(31)25-23(9-11-28(12-10-23)21(32)33)19(30)29(24)18-7-5-17(6-8-18)27-15-13-26(4)14-16-27/h5-8H,9-16,24H2,1-4H3,(H,25,31)(H,32,33). The number of nitrogens with two attached hydrogens (primary N) is 1. The highest BCUT2D eigenvalue weighted by Crippen LogP contribution is 2.28. The summed E-state index contributed by atoms with van der Waals surface area (Å²) in [6.07, 6.45) is -1.64. The minimum absolute atomic E-state index is 0.0878. The molecule has 1 aromatic carbocycles. The first-order chi connectivity index (χ1) is 15.9. The van der Waals surface area contributed by atoms with Gasteiger partial charge in [-0.25, -0.2) is 20.4 Å². The summed E-state index contributed by atoms with van der Waals surface area (Å²) in [5.41, 5.74) is -0.598. The van der Waals surface area contributed by atoms with Gasteiger partial charge in [0.1, 0.15) is 11.1 Å². The van der Waals surface area contributed by atoms with Crippen LogP contribution in [0.1, 0.15) is 33.6 Å². The first-order valence-corrected chi connectivity index (χ1v) is 11.5. The van der Waals surface area contributed by atoms with Crippen LogP contribution in [0, 0.1) is 0 Å². The number of piperazine rings is 1. The van der Waals surface area contributed by atoms with Crippen LogP contribution < -0.4 is 21.1 Å². The summed E-state index contributed by atoms with van der Waals surface area (Å²) in [6, 6.07) is 7.40. The fourth-order valence-corrected chi connectivity index (χ4v) is 4.21. The quantitative estimate of drug-likeness (QED) is 0.340. The second kappa shape index (κ2) is 10.1. The monoisotopic (exact) mass is 476 g/mol. The van der Waals surface area contributed by atoms with Gasteiger partial charge in [0.2, 0.25) is 0 Å². The van der Waals surface area contributed by atoms with Gasteiger partial charge in [-0.05, 0) is 64.9 Å². The Morgan fingerprint density at radius 3 is 2.09 bits per heavy atom. The van der Waals surface area contributed by atoms with Crippen molar-refractivity contribution >= 4 is 29.5 Å². The Morgan fingerprint density at radius 1 is 1.03 bits per heavy atom. The highest BCUT2D eigenvalue weighted by molar-refractivity contribution is 6.01. The number of hydrogen-bond donors (Lipinski definition) is 3. The zero-order valence-corrected chi connectivity index (χ0v) is 20.4. The van der Waals surface area contributed by atoms with Crippen LogP contribution in [-0.4, -0.2) is 90.5 Å². The number of hydrogen-bond acceptors (Lipinski definition) is 7. The van der Waals surface area contributed by atoms with E-state index in [2.05, 4.69) is 22.2 Å². The summed E-state index contributed by atoms with van der Waals surface area (Å²) in [5, 5.41) is 13.0. The van der Waals surface area contributed by atoms with E-state index in [1.807, 2.05) is 12.1 Å². The highest BCUT2D eigenvalue weighted by atomic mass is 16.6. The summed E-state index contributed by atoms with van der Waals surface area (Å²) in [6.45, 7) is 9.17. The molecule has 34 heavy (non-hydrogen) atoms. The van der Waals surface area contributed by atoms with Gasteiger partial charge in [0, 0.05) is 45.0 Å². The van der Waals surface area contributed by atoms with E-state index in [0.29, 0.717) is 5.69 Å². The minimum Gasteiger partial charge on any atom is -0.465 e. The number of rotatable bonds is 4. The van der Waals surface area contributed by atoms with E-state index in [1.54, 1.807) is 32.9 Å². The summed E-state index contributed by atoms with van der Waals surface area (Å²) < 4.78 is 5.37. The van der Waals surface area contributed by atoms with E-state index in [4.69, 9.17) is 10.6 Å². The van der Waals surface area contributed by atoms with Crippen molar-refractivity contribution in [2.24, 2.45) is 5.84 Å². The number of anilines is 2. The molecule has 0 bridgehead atoms. The Hall–Kier alpha value is -3.05. The van der Waals surface area contributed by atoms with Crippen LogP contribution in [0.2, 0.25) is 0 Å². The van der Waals surface area contributed by atoms with Crippen molar-refractivity contribution in [2.75, 3.05) is 56.2 Å². The first kappa shape index (κ1) is 25.6. The molecule has 188 valence electrons. The molecule has 0 atom stereocenters. The van der Waals surface area contributed by atoms with E-state index in [-0.39, 0.29) is 25.9 Å². The molecular weight excluding hydrogens is 440 g/mol. The van der Waals surface area contributed by atoms with Crippen molar-refractivity contribution in [3.63, 3.8) is 0 Å². The lowest BCUT2D eigenvalue weighted by molar-refractivity contribution is -0.127. The van der Waals surface area contributed by atoms with E-state index < -0.39 is 29.2 Å². The summed E-state index contributed by atoms with van der Waals surface area (Å²) in [5.74, 6) is 5.72. The Bertz CT molecular complexity index is 884. The number of piperidine rings is 1. The van der Waals surface area contributed by atoms with Crippen LogP contribution in [0.5, 0.6) is 0 Å². The van der Waals surface area contributed by atoms with Gasteiger partial charge in [-0.3, -0.25) is 4.79 Å². The third-order valence-electron chi connectivity index (χ3n) is 6.25. The summed E-state index contributed by atoms with van der Waals surface area (Å²) in [7, 11) is 2.10. The van der Waals surface area contributed by atoms with Gasteiger partial charge >= 0.3 is 12.2 Å². The van der Waals surface area contributed by atoms with Gasteiger partial charge in [-0.2, -0.15) is 0 Å². The van der Waals surface area contributed by atoms with Crippen molar-refractivity contribution in [1.29, 1.82) is 0 Å². The maximum Gasteiger partial charge on any atom is 0.408 e. The van der Waals surface area contributed by atoms with Gasteiger partial charge in [-0.15, -0.1) is 0 Å². The molecular formula is C23H36N6O5. The molecule has 1 aromatic rings. The average molecular weight is 477 g/mol. The fourth-order valence-electron chi connectivity index (χ4n) is 4.21. The SMILES string of the molecule is CN1CCN(c2ccc(N(N)C(=O)C3(NC(=O)OC(C)(C)C)CCN(C(=O)O)CC3)cc2)CC1. The zero-order valence-electron chi connectivity index (χ0n) is 20.4. The molecule has 0 radical (unpaired) electrons. The lowest BCUT2D eigenvalue weighted by atomic mass is 9.86. The number of carbonyl (C=O) groups excluding carboxylic acids is 2. The fraction of sp³-hybridized carbons (Fsp3) is 0.609. The van der Waals surface area contributed by atoms with E-state index in [1.165, 1.54) is 4.90 Å². The van der Waals surface area contributed by atoms with Crippen LogP contribution in [0.3, 0.4) is 0 Å². The molecule has 0 spiro atoms. The molecule has 0 aliphatic carbocycles. The van der Waals surface area contributed by atoms with E-state index >= 15 is 0 Å². The van der Waals surface area contributed by atoms with Crippen LogP contribution >= 0.6 is 0 Å². The first-order valence-electron chi connectivity index (χ1n) is 11.5. The van der Waals surface area contributed by atoms with Crippen molar-refractivity contribution in [3.8, 4) is 0 Å². The van der Waals surface area contributed by atoms with Gasteiger partial charge in [-0.1, -0.05) is 0 Å².